The third-order valence-corrected chi connectivity index (χ3v) is 2.72. The van der Waals surface area contributed by atoms with Crippen molar-refractivity contribution in [3.05, 3.63) is 40.5 Å². The summed E-state index contributed by atoms with van der Waals surface area (Å²) in [4.78, 5) is 10.4. The average molecular weight is 186 g/mol. The van der Waals surface area contributed by atoms with E-state index >= 15 is 0 Å². The predicted octanol–water partition coefficient (Wildman–Crippen LogP) is 2.91. The first-order valence-electron chi connectivity index (χ1n) is 5.02. The number of hydrogen-bond donors (Lipinski definition) is 0. The van der Waals surface area contributed by atoms with Crippen LogP contribution in [0, 0.1) is 6.92 Å². The fraction of sp³-hybridized carbons (Fsp3) is 0.308. The van der Waals surface area contributed by atoms with E-state index in [0.29, 0.717) is 6.42 Å². The van der Waals surface area contributed by atoms with Crippen molar-refractivity contribution < 1.29 is 4.79 Å². The Morgan fingerprint density at radius 3 is 3.00 bits per heavy atom. The molecule has 0 unspecified atom stereocenters. The Bertz CT molecular complexity index is 388. The van der Waals surface area contributed by atoms with Crippen LogP contribution >= 0.6 is 0 Å². The first-order valence-corrected chi connectivity index (χ1v) is 5.02. The molecule has 0 bridgehead atoms. The number of carbonyl (C=O) groups is 1. The second-order valence-electron chi connectivity index (χ2n) is 3.88. The molecule has 0 fully saturated rings. The maximum Gasteiger partial charge on any atom is 0.124 e. The van der Waals surface area contributed by atoms with Crippen LogP contribution in [0.25, 0.3) is 6.08 Å². The van der Waals surface area contributed by atoms with E-state index in [1.54, 1.807) is 0 Å². The van der Waals surface area contributed by atoms with Crippen molar-refractivity contribution in [2.75, 3.05) is 0 Å². The van der Waals surface area contributed by atoms with Crippen molar-refractivity contribution in [1.29, 1.82) is 0 Å². The van der Waals surface area contributed by atoms with E-state index in [0.717, 1.165) is 19.1 Å². The van der Waals surface area contributed by atoms with Crippen LogP contribution in [0.3, 0.4) is 0 Å². The highest BCUT2D eigenvalue weighted by atomic mass is 16.1. The van der Waals surface area contributed by atoms with Crippen LogP contribution in [-0.4, -0.2) is 6.29 Å². The number of allylic oxidation sites excluding steroid dienone is 1. The highest BCUT2D eigenvalue weighted by Crippen LogP contribution is 2.25. The lowest BCUT2D eigenvalue weighted by Gasteiger charge is -2.15. The van der Waals surface area contributed by atoms with E-state index in [4.69, 9.17) is 0 Å². The van der Waals surface area contributed by atoms with Gasteiger partial charge >= 0.3 is 0 Å². The lowest BCUT2D eigenvalue weighted by Crippen LogP contribution is -2.00. The van der Waals surface area contributed by atoms with Gasteiger partial charge in [-0.05, 0) is 30.9 Å². The molecule has 2 rings (SSSR count). The van der Waals surface area contributed by atoms with Gasteiger partial charge in [-0.3, -0.25) is 0 Å². The number of benzene rings is 1. The molecule has 1 nitrogen and oxygen atoms in total. The maximum atomic E-state index is 10.4. The average Bonchev–Trinajstić information content (AvgIpc) is 2.19. The van der Waals surface area contributed by atoms with Crippen molar-refractivity contribution in [2.24, 2.45) is 0 Å². The van der Waals surface area contributed by atoms with Crippen molar-refractivity contribution >= 4 is 12.4 Å². The minimum atomic E-state index is 0.591. The monoisotopic (exact) mass is 186 g/mol. The SMILES string of the molecule is Cc1ccc2c(c1)CCC(CC=O)=C2. The molecule has 0 atom stereocenters. The van der Waals surface area contributed by atoms with Gasteiger partial charge in [0.05, 0.1) is 0 Å². The van der Waals surface area contributed by atoms with Crippen LogP contribution in [0.1, 0.15) is 29.5 Å². The van der Waals surface area contributed by atoms with Gasteiger partial charge in [0, 0.05) is 6.42 Å². The highest BCUT2D eigenvalue weighted by Gasteiger charge is 2.09. The largest absolute Gasteiger partial charge is 0.303 e. The number of carbonyl (C=O) groups excluding carboxylic acids is 1. The van der Waals surface area contributed by atoms with E-state index in [2.05, 4.69) is 31.2 Å². The Morgan fingerprint density at radius 1 is 1.36 bits per heavy atom. The highest BCUT2D eigenvalue weighted by molar-refractivity contribution is 5.65. The second-order valence-corrected chi connectivity index (χ2v) is 3.88. The van der Waals surface area contributed by atoms with Crippen molar-refractivity contribution in [3.8, 4) is 0 Å². The summed E-state index contributed by atoms with van der Waals surface area (Å²) in [5.41, 5.74) is 5.28. The number of hydrogen-bond acceptors (Lipinski definition) is 1. The molecule has 14 heavy (non-hydrogen) atoms. The van der Waals surface area contributed by atoms with Crippen LogP contribution in [-0.2, 0) is 11.2 Å². The molecule has 1 aromatic rings. The minimum absolute atomic E-state index is 0.591. The van der Waals surface area contributed by atoms with Gasteiger partial charge in [0.2, 0.25) is 0 Å². The first kappa shape index (κ1) is 9.20. The van der Waals surface area contributed by atoms with Crippen molar-refractivity contribution in [3.63, 3.8) is 0 Å². The Hall–Kier alpha value is -1.37. The van der Waals surface area contributed by atoms with Gasteiger partial charge < -0.3 is 4.79 Å². The molecule has 1 aliphatic carbocycles. The second kappa shape index (κ2) is 3.79. The van der Waals surface area contributed by atoms with E-state index in [-0.39, 0.29) is 0 Å². The topological polar surface area (TPSA) is 17.1 Å². The van der Waals surface area contributed by atoms with E-state index in [1.807, 2.05) is 0 Å². The summed E-state index contributed by atoms with van der Waals surface area (Å²) in [6.45, 7) is 2.12. The predicted molar refractivity (Wildman–Crippen MR) is 58.2 cm³/mol. The van der Waals surface area contributed by atoms with Gasteiger partial charge in [-0.15, -0.1) is 0 Å². The smallest absolute Gasteiger partial charge is 0.124 e. The molecule has 0 saturated carbocycles. The summed E-state index contributed by atoms with van der Waals surface area (Å²) in [6.07, 6.45) is 5.86. The quantitative estimate of drug-likeness (QED) is 0.649. The van der Waals surface area contributed by atoms with Gasteiger partial charge in [0.15, 0.2) is 0 Å². The van der Waals surface area contributed by atoms with E-state index in [9.17, 15) is 4.79 Å². The van der Waals surface area contributed by atoms with Gasteiger partial charge in [-0.1, -0.05) is 35.4 Å². The lowest BCUT2D eigenvalue weighted by atomic mass is 9.90. The molecule has 1 aliphatic rings. The van der Waals surface area contributed by atoms with Crippen LogP contribution in [0.4, 0.5) is 0 Å². The summed E-state index contributed by atoms with van der Waals surface area (Å²) in [7, 11) is 0. The zero-order chi connectivity index (χ0) is 9.97. The van der Waals surface area contributed by atoms with Crippen LogP contribution < -0.4 is 0 Å². The molecule has 1 heteroatoms. The molecule has 0 saturated heterocycles. The van der Waals surface area contributed by atoms with Crippen molar-refractivity contribution in [2.45, 2.75) is 26.2 Å². The summed E-state index contributed by atoms with van der Waals surface area (Å²) in [5.74, 6) is 0. The molecule has 0 radical (unpaired) electrons. The molecule has 0 N–H and O–H groups in total. The molecule has 1 aromatic carbocycles. The number of rotatable bonds is 2. The number of aryl methyl sites for hydroxylation is 2. The van der Waals surface area contributed by atoms with Gasteiger partial charge in [0.25, 0.3) is 0 Å². The van der Waals surface area contributed by atoms with Crippen LogP contribution in [0.15, 0.2) is 23.8 Å². The molecular formula is C13H14O. The Morgan fingerprint density at radius 2 is 2.21 bits per heavy atom. The Kier molecular flexibility index (Phi) is 2.49. The molecule has 0 heterocycles. The molecule has 72 valence electrons. The molecule has 0 amide bonds. The fourth-order valence-electron chi connectivity index (χ4n) is 1.95. The fourth-order valence-corrected chi connectivity index (χ4v) is 1.95. The third-order valence-electron chi connectivity index (χ3n) is 2.72. The van der Waals surface area contributed by atoms with Gasteiger partial charge in [-0.25, -0.2) is 0 Å². The van der Waals surface area contributed by atoms with Gasteiger partial charge in [-0.2, -0.15) is 0 Å². The van der Waals surface area contributed by atoms with Crippen LogP contribution in [0.2, 0.25) is 0 Å². The molecule has 0 spiro atoms. The van der Waals surface area contributed by atoms with Gasteiger partial charge in [0.1, 0.15) is 6.29 Å². The van der Waals surface area contributed by atoms with Crippen LogP contribution in [0.5, 0.6) is 0 Å². The Labute approximate surface area is 84.5 Å². The number of aldehydes is 1. The maximum absolute atomic E-state index is 10.4. The van der Waals surface area contributed by atoms with E-state index < -0.39 is 0 Å². The molecule has 0 aliphatic heterocycles. The zero-order valence-electron chi connectivity index (χ0n) is 8.42. The number of fused-ring (bicyclic) bond motifs is 1. The molecule has 0 aromatic heterocycles. The summed E-state index contributed by atoms with van der Waals surface area (Å²) in [6, 6.07) is 6.51. The normalized spacial score (nSPS) is 14.5. The summed E-state index contributed by atoms with van der Waals surface area (Å²) in [5, 5.41) is 0. The minimum Gasteiger partial charge on any atom is -0.303 e. The Balaban J connectivity index is 2.34. The van der Waals surface area contributed by atoms with Crippen molar-refractivity contribution in [1.82, 2.24) is 0 Å². The summed E-state index contributed by atoms with van der Waals surface area (Å²) >= 11 is 0. The third kappa shape index (κ3) is 1.77. The summed E-state index contributed by atoms with van der Waals surface area (Å²) < 4.78 is 0. The zero-order valence-corrected chi connectivity index (χ0v) is 8.42. The lowest BCUT2D eigenvalue weighted by molar-refractivity contribution is -0.107. The molecular weight excluding hydrogens is 172 g/mol. The van der Waals surface area contributed by atoms with E-state index in [1.165, 1.54) is 22.3 Å². The first-order chi connectivity index (χ1) is 6.79. The standard InChI is InChI=1S/C13H14O/c1-10-2-4-13-9-11(6-7-14)3-5-12(13)8-10/h2,4,7-9H,3,5-6H2,1H3.